The zero-order valence-corrected chi connectivity index (χ0v) is 18.1. The summed E-state index contributed by atoms with van der Waals surface area (Å²) >= 11 is 3.32. The van der Waals surface area contributed by atoms with E-state index in [1.807, 2.05) is 0 Å². The molecule has 1 aliphatic heterocycles. The molecule has 1 aliphatic rings. The van der Waals surface area contributed by atoms with E-state index >= 15 is 0 Å². The molecule has 7 nitrogen and oxygen atoms in total. The van der Waals surface area contributed by atoms with E-state index in [-0.39, 0.29) is 17.2 Å². The van der Waals surface area contributed by atoms with Crippen molar-refractivity contribution >= 4 is 33.4 Å². The number of hydrogen-bond acceptors (Lipinski definition) is 7. The number of cyclic esters (lactones) is 1. The number of carbonyl (C=O) groups is 2. The van der Waals surface area contributed by atoms with Crippen molar-refractivity contribution in [2.45, 2.75) is 25.7 Å². The molecule has 2 N–H and O–H groups in total. The molecule has 158 valence electrons. The predicted molar refractivity (Wildman–Crippen MR) is 111 cm³/mol. The highest BCUT2D eigenvalue weighted by molar-refractivity contribution is 9.10. The second-order valence-corrected chi connectivity index (χ2v) is 7.78. The zero-order chi connectivity index (χ0) is 21.9. The molecule has 9 heteroatoms. The average molecular weight is 479 g/mol. The molecule has 0 bridgehead atoms. The summed E-state index contributed by atoms with van der Waals surface area (Å²) in [5, 5.41) is 0. The van der Waals surface area contributed by atoms with Gasteiger partial charge in [-0.3, -0.25) is 4.79 Å². The van der Waals surface area contributed by atoms with Gasteiger partial charge < -0.3 is 19.6 Å². The van der Waals surface area contributed by atoms with Crippen LogP contribution < -0.4 is 15.6 Å². The summed E-state index contributed by atoms with van der Waals surface area (Å²) in [4.78, 5) is 25.2. The number of para-hydroxylation sites is 1. The number of ketones is 1. The van der Waals surface area contributed by atoms with E-state index in [1.165, 1.54) is 19.2 Å². The Morgan fingerprint density at radius 1 is 1.17 bits per heavy atom. The molecular formula is C21H20BrFN2O5. The standard InChI is InChI=1S/C21H20BrFN2O5/c1-21(2)29-16(11-17(26)30-21)19(20(27)12-7-9-13(22)10-8-12)25-24-18-14(23)5-4-6-15(18)28-3/h4-11,19,24-25H,1-3H3. The van der Waals surface area contributed by atoms with Crippen LogP contribution in [-0.2, 0) is 14.3 Å². The number of halogens is 2. The van der Waals surface area contributed by atoms with E-state index in [0.717, 1.165) is 10.5 Å². The van der Waals surface area contributed by atoms with E-state index in [0.29, 0.717) is 5.56 Å². The highest BCUT2D eigenvalue weighted by Crippen LogP contribution is 2.28. The fourth-order valence-corrected chi connectivity index (χ4v) is 3.12. The average Bonchev–Trinajstić information content (AvgIpc) is 2.68. The van der Waals surface area contributed by atoms with Crippen LogP contribution in [0.25, 0.3) is 0 Å². The van der Waals surface area contributed by atoms with Gasteiger partial charge in [0.15, 0.2) is 11.6 Å². The van der Waals surface area contributed by atoms with Crippen LogP contribution in [0.5, 0.6) is 5.75 Å². The summed E-state index contributed by atoms with van der Waals surface area (Å²) in [6.45, 7) is 3.10. The zero-order valence-electron chi connectivity index (χ0n) is 16.5. The van der Waals surface area contributed by atoms with Crippen molar-refractivity contribution in [2.24, 2.45) is 0 Å². The summed E-state index contributed by atoms with van der Waals surface area (Å²) in [6, 6.07) is 9.83. The van der Waals surface area contributed by atoms with Crippen LogP contribution in [-0.4, -0.2) is 30.7 Å². The number of nitrogens with one attached hydrogen (secondary N) is 2. The fraction of sp³-hybridized carbons (Fsp3) is 0.238. The van der Waals surface area contributed by atoms with Crippen LogP contribution in [0.15, 0.2) is 58.8 Å². The highest BCUT2D eigenvalue weighted by Gasteiger charge is 2.36. The Kier molecular flexibility index (Phi) is 6.42. The van der Waals surface area contributed by atoms with Gasteiger partial charge in [0, 0.05) is 23.9 Å². The van der Waals surface area contributed by atoms with Gasteiger partial charge in [-0.05, 0) is 24.3 Å². The van der Waals surface area contributed by atoms with Crippen LogP contribution in [0.3, 0.4) is 0 Å². The minimum Gasteiger partial charge on any atom is -0.494 e. The number of carbonyl (C=O) groups excluding carboxylic acids is 2. The summed E-state index contributed by atoms with van der Waals surface area (Å²) in [5.41, 5.74) is 5.81. The van der Waals surface area contributed by atoms with Gasteiger partial charge in [-0.2, -0.15) is 0 Å². The number of hydrazine groups is 1. The van der Waals surface area contributed by atoms with Crippen LogP contribution in [0.1, 0.15) is 24.2 Å². The lowest BCUT2D eigenvalue weighted by atomic mass is 10.0. The Balaban J connectivity index is 1.95. The van der Waals surface area contributed by atoms with Gasteiger partial charge >= 0.3 is 5.97 Å². The Labute approximate surface area is 181 Å². The second kappa shape index (κ2) is 8.85. The minimum atomic E-state index is -1.27. The van der Waals surface area contributed by atoms with Crippen molar-refractivity contribution < 1.29 is 28.2 Å². The van der Waals surface area contributed by atoms with Crippen LogP contribution in [0.4, 0.5) is 10.1 Å². The van der Waals surface area contributed by atoms with Crippen molar-refractivity contribution in [3.63, 3.8) is 0 Å². The third-order valence-corrected chi connectivity index (χ3v) is 4.71. The first-order valence-electron chi connectivity index (χ1n) is 8.97. The van der Waals surface area contributed by atoms with Gasteiger partial charge in [0.1, 0.15) is 23.2 Å². The molecule has 1 heterocycles. The lowest BCUT2D eigenvalue weighted by Gasteiger charge is -2.33. The van der Waals surface area contributed by atoms with E-state index in [1.54, 1.807) is 44.2 Å². The molecule has 0 saturated heterocycles. The van der Waals surface area contributed by atoms with Crippen LogP contribution >= 0.6 is 15.9 Å². The first-order valence-corrected chi connectivity index (χ1v) is 9.77. The van der Waals surface area contributed by atoms with Gasteiger partial charge in [-0.25, -0.2) is 14.6 Å². The SMILES string of the molecule is COc1cccc(F)c1NNC(C(=O)c1ccc(Br)cc1)C1=CC(=O)OC(C)(C)O1. The second-order valence-electron chi connectivity index (χ2n) is 6.86. The van der Waals surface area contributed by atoms with Crippen molar-refractivity contribution in [2.75, 3.05) is 12.5 Å². The van der Waals surface area contributed by atoms with Crippen molar-refractivity contribution in [3.05, 3.63) is 70.2 Å². The highest BCUT2D eigenvalue weighted by atomic mass is 79.9. The maximum Gasteiger partial charge on any atom is 0.337 e. The number of anilines is 1. The molecule has 2 aromatic carbocycles. The van der Waals surface area contributed by atoms with E-state index in [9.17, 15) is 14.0 Å². The van der Waals surface area contributed by atoms with Gasteiger partial charge in [-0.1, -0.05) is 34.1 Å². The molecule has 0 amide bonds. The molecule has 30 heavy (non-hydrogen) atoms. The molecule has 2 aromatic rings. The summed E-state index contributed by atoms with van der Waals surface area (Å²) in [6.07, 6.45) is 1.08. The Bertz CT molecular complexity index is 991. The number of Topliss-reactive ketones (excluding diaryl/α,β-unsaturated/α-hetero) is 1. The molecule has 0 aliphatic carbocycles. The number of ether oxygens (including phenoxy) is 3. The number of hydrogen-bond donors (Lipinski definition) is 2. The Hall–Kier alpha value is -2.91. The van der Waals surface area contributed by atoms with E-state index in [4.69, 9.17) is 14.2 Å². The molecule has 0 fully saturated rings. The summed E-state index contributed by atoms with van der Waals surface area (Å²) < 4.78 is 31.1. The minimum absolute atomic E-state index is 0.00634. The van der Waals surface area contributed by atoms with Crippen LogP contribution in [0.2, 0.25) is 0 Å². The smallest absolute Gasteiger partial charge is 0.337 e. The summed E-state index contributed by atoms with van der Waals surface area (Å²) in [7, 11) is 1.40. The molecule has 1 unspecified atom stereocenters. The monoisotopic (exact) mass is 478 g/mol. The maximum absolute atomic E-state index is 14.3. The van der Waals surface area contributed by atoms with Crippen molar-refractivity contribution in [1.29, 1.82) is 0 Å². The topological polar surface area (TPSA) is 85.9 Å². The third-order valence-electron chi connectivity index (χ3n) is 4.18. The Morgan fingerprint density at radius 2 is 1.87 bits per heavy atom. The number of esters is 1. The quantitative estimate of drug-likeness (QED) is 0.353. The molecule has 1 atom stereocenters. The molecule has 0 radical (unpaired) electrons. The third kappa shape index (κ3) is 4.98. The molecule has 0 spiro atoms. The largest absolute Gasteiger partial charge is 0.494 e. The first-order chi connectivity index (χ1) is 14.2. The maximum atomic E-state index is 14.3. The van der Waals surface area contributed by atoms with Gasteiger partial charge in [-0.15, -0.1) is 0 Å². The molecular weight excluding hydrogens is 459 g/mol. The fourth-order valence-electron chi connectivity index (χ4n) is 2.85. The van der Waals surface area contributed by atoms with Gasteiger partial charge in [0.25, 0.3) is 0 Å². The van der Waals surface area contributed by atoms with Crippen molar-refractivity contribution in [3.8, 4) is 5.75 Å². The van der Waals surface area contributed by atoms with Gasteiger partial charge in [0.05, 0.1) is 13.2 Å². The first kappa shape index (κ1) is 21.8. The number of methoxy groups -OCH3 is 1. The predicted octanol–water partition coefficient (Wildman–Crippen LogP) is 3.96. The Morgan fingerprint density at radius 3 is 2.50 bits per heavy atom. The normalized spacial score (nSPS) is 16.0. The lowest BCUT2D eigenvalue weighted by Crippen LogP contribution is -2.47. The van der Waals surface area contributed by atoms with Crippen molar-refractivity contribution in [1.82, 2.24) is 5.43 Å². The van der Waals surface area contributed by atoms with E-state index in [2.05, 4.69) is 26.8 Å². The number of benzene rings is 2. The molecule has 0 saturated carbocycles. The lowest BCUT2D eigenvalue weighted by molar-refractivity contribution is -0.206. The molecule has 3 rings (SSSR count). The molecule has 0 aromatic heterocycles. The van der Waals surface area contributed by atoms with E-state index < -0.39 is 29.4 Å². The van der Waals surface area contributed by atoms with Gasteiger partial charge in [0.2, 0.25) is 5.79 Å². The van der Waals surface area contributed by atoms with Crippen LogP contribution in [0, 0.1) is 5.82 Å². The number of rotatable bonds is 7. The summed E-state index contributed by atoms with van der Waals surface area (Å²) in [5.74, 6) is -2.64.